The van der Waals surface area contributed by atoms with Gasteiger partial charge in [0.15, 0.2) is 6.29 Å². The molecule has 1 fully saturated rings. The third kappa shape index (κ3) is 6.52. The molecule has 1 saturated heterocycles. The Hall–Kier alpha value is -3.11. The smallest absolute Gasteiger partial charge is 0.445 e. The Bertz CT molecular complexity index is 1080. The van der Waals surface area contributed by atoms with Crippen LogP contribution in [0.15, 0.2) is 54.0 Å². The van der Waals surface area contributed by atoms with Crippen LogP contribution in [0.4, 0.5) is 18.0 Å². The molecule has 0 spiro atoms. The van der Waals surface area contributed by atoms with E-state index in [4.69, 9.17) is 14.0 Å². The van der Waals surface area contributed by atoms with Crippen molar-refractivity contribution in [2.75, 3.05) is 6.54 Å². The molecular weight excluding hydrogens is 462 g/mol. The first-order chi connectivity index (χ1) is 16.3. The van der Waals surface area contributed by atoms with Gasteiger partial charge in [-0.25, -0.2) is 4.79 Å². The molecule has 0 saturated carbocycles. The largest absolute Gasteiger partial charge is 0.492 e. The minimum atomic E-state index is -4.59. The number of rotatable bonds is 7. The number of aldehydes is 1. The number of alkyl halides is 3. The second-order valence-corrected chi connectivity index (χ2v) is 9.18. The predicted octanol–water partition coefficient (Wildman–Crippen LogP) is 5.46. The van der Waals surface area contributed by atoms with Gasteiger partial charge >= 0.3 is 19.4 Å². The number of halogens is 3. The Morgan fingerprint density at radius 2 is 1.66 bits per heavy atom. The number of carbonyl (C=O) groups is 2. The zero-order chi connectivity index (χ0) is 25.9. The molecule has 2 aromatic rings. The van der Waals surface area contributed by atoms with Gasteiger partial charge < -0.3 is 19.4 Å². The van der Waals surface area contributed by atoms with Gasteiger partial charge in [0.1, 0.15) is 6.61 Å². The van der Waals surface area contributed by atoms with Crippen LogP contribution < -0.4 is 5.32 Å². The highest BCUT2D eigenvalue weighted by Gasteiger charge is 2.52. The molecule has 1 amide bonds. The normalized spacial score (nSPS) is 17.2. The second kappa shape index (κ2) is 10.3. The summed E-state index contributed by atoms with van der Waals surface area (Å²) in [5.74, 6) is 0. The number of hydrogen-bond donors (Lipinski definition) is 1. The van der Waals surface area contributed by atoms with Crippen molar-refractivity contribution in [2.24, 2.45) is 0 Å². The van der Waals surface area contributed by atoms with Gasteiger partial charge in [-0.3, -0.25) is 4.79 Å². The Balaban J connectivity index is 1.87. The van der Waals surface area contributed by atoms with E-state index in [0.29, 0.717) is 11.8 Å². The molecule has 3 rings (SSSR count). The molecule has 6 nitrogen and oxygen atoms in total. The van der Waals surface area contributed by atoms with Crippen LogP contribution in [-0.2, 0) is 26.8 Å². The molecule has 0 atom stereocenters. The molecule has 0 bridgehead atoms. The molecule has 0 aromatic heterocycles. The van der Waals surface area contributed by atoms with Gasteiger partial charge in [-0.15, -0.1) is 0 Å². The highest BCUT2D eigenvalue weighted by Crippen LogP contribution is 2.39. The van der Waals surface area contributed by atoms with Gasteiger partial charge in [0.2, 0.25) is 0 Å². The summed E-state index contributed by atoms with van der Waals surface area (Å²) < 4.78 is 57.2. The van der Waals surface area contributed by atoms with E-state index in [1.54, 1.807) is 12.1 Å². The van der Waals surface area contributed by atoms with Crippen LogP contribution in [0.3, 0.4) is 0 Å². The number of alkyl carbamates (subject to hydrolysis) is 1. The van der Waals surface area contributed by atoms with Gasteiger partial charge in [0.25, 0.3) is 0 Å². The van der Waals surface area contributed by atoms with E-state index in [9.17, 15) is 22.8 Å². The lowest BCUT2D eigenvalue weighted by molar-refractivity contribution is -0.137. The van der Waals surface area contributed by atoms with Crippen molar-refractivity contribution in [3.8, 4) is 0 Å². The van der Waals surface area contributed by atoms with Crippen LogP contribution in [0.2, 0.25) is 0 Å². The summed E-state index contributed by atoms with van der Waals surface area (Å²) in [4.78, 5) is 23.8. The molecule has 0 unspecified atom stereocenters. The first-order valence-corrected chi connectivity index (χ1v) is 11.0. The van der Waals surface area contributed by atoms with E-state index in [2.05, 4.69) is 5.32 Å². The van der Waals surface area contributed by atoms with Crippen molar-refractivity contribution in [2.45, 2.75) is 51.7 Å². The Morgan fingerprint density at radius 3 is 2.23 bits per heavy atom. The number of amides is 1. The molecule has 1 aliphatic rings. The Morgan fingerprint density at radius 1 is 1.03 bits per heavy atom. The van der Waals surface area contributed by atoms with Crippen molar-refractivity contribution < 1.29 is 36.8 Å². The summed E-state index contributed by atoms with van der Waals surface area (Å²) in [5, 5.41) is 2.59. The zero-order valence-electron chi connectivity index (χ0n) is 19.9. The minimum Gasteiger partial charge on any atom is -0.445 e. The van der Waals surface area contributed by atoms with Crippen LogP contribution in [0.25, 0.3) is 6.08 Å². The molecule has 10 heteroatoms. The zero-order valence-corrected chi connectivity index (χ0v) is 19.9. The summed E-state index contributed by atoms with van der Waals surface area (Å²) in [7, 11) is -0.969. The molecule has 35 heavy (non-hydrogen) atoms. The maximum absolute atomic E-state index is 13.3. The SMILES string of the molecule is CC1(C)OB(C(=Cc2cc(C(F)(F)F)ccc2C=O)CNC(=O)OCc2ccccc2)OC1(C)C. The third-order valence-electron chi connectivity index (χ3n) is 6.09. The van der Waals surface area contributed by atoms with Crippen LogP contribution in [0, 0.1) is 0 Å². The molecule has 0 aliphatic carbocycles. The molecule has 1 heterocycles. The Kier molecular flexibility index (Phi) is 7.76. The van der Waals surface area contributed by atoms with Crippen LogP contribution >= 0.6 is 0 Å². The van der Waals surface area contributed by atoms with Crippen LogP contribution in [0.5, 0.6) is 0 Å². The number of carbonyl (C=O) groups excluding carboxylic acids is 2. The minimum absolute atomic E-state index is 0.0268. The van der Waals surface area contributed by atoms with Crippen molar-refractivity contribution in [3.05, 3.63) is 76.3 Å². The van der Waals surface area contributed by atoms with Crippen LogP contribution in [-0.4, -0.2) is 37.2 Å². The van der Waals surface area contributed by atoms with Crippen molar-refractivity contribution >= 4 is 25.6 Å². The van der Waals surface area contributed by atoms with Crippen molar-refractivity contribution in [1.29, 1.82) is 0 Å². The van der Waals surface area contributed by atoms with E-state index in [1.165, 1.54) is 6.08 Å². The topological polar surface area (TPSA) is 73.9 Å². The van der Waals surface area contributed by atoms with Gasteiger partial charge in [0, 0.05) is 12.1 Å². The average Bonchev–Trinajstić information content (AvgIpc) is 3.01. The van der Waals surface area contributed by atoms with E-state index in [-0.39, 0.29) is 24.3 Å². The quantitative estimate of drug-likeness (QED) is 0.413. The molecule has 1 aliphatic heterocycles. The van der Waals surface area contributed by atoms with E-state index in [0.717, 1.165) is 23.8 Å². The second-order valence-electron chi connectivity index (χ2n) is 9.18. The lowest BCUT2D eigenvalue weighted by Gasteiger charge is -2.32. The number of benzene rings is 2. The first kappa shape index (κ1) is 26.5. The van der Waals surface area contributed by atoms with Crippen molar-refractivity contribution in [3.63, 3.8) is 0 Å². The fourth-order valence-corrected chi connectivity index (χ4v) is 3.33. The van der Waals surface area contributed by atoms with E-state index >= 15 is 0 Å². The molecule has 0 radical (unpaired) electrons. The summed E-state index contributed by atoms with van der Waals surface area (Å²) in [5.41, 5.74) is -1.17. The number of nitrogens with one attached hydrogen (secondary N) is 1. The maximum atomic E-state index is 13.3. The number of ether oxygens (including phenoxy) is 1. The average molecular weight is 489 g/mol. The van der Waals surface area contributed by atoms with Crippen LogP contribution in [0.1, 0.15) is 54.7 Å². The molecule has 2 aromatic carbocycles. The summed E-state index contributed by atoms with van der Waals surface area (Å²) in [6.45, 7) is 7.21. The van der Waals surface area contributed by atoms with E-state index < -0.39 is 36.2 Å². The van der Waals surface area contributed by atoms with Gasteiger partial charge in [-0.2, -0.15) is 13.2 Å². The number of hydrogen-bond acceptors (Lipinski definition) is 5. The lowest BCUT2D eigenvalue weighted by atomic mass is 9.76. The highest BCUT2D eigenvalue weighted by atomic mass is 19.4. The summed E-state index contributed by atoms with van der Waals surface area (Å²) in [6.07, 6.45) is -3.47. The van der Waals surface area contributed by atoms with E-state index in [1.807, 2.05) is 45.9 Å². The first-order valence-electron chi connectivity index (χ1n) is 11.0. The third-order valence-corrected chi connectivity index (χ3v) is 6.09. The maximum Gasteiger partial charge on any atom is 0.492 e. The Labute approximate surface area is 202 Å². The summed E-state index contributed by atoms with van der Waals surface area (Å²) in [6, 6.07) is 11.9. The standard InChI is InChI=1S/C25H27BF3NO5/c1-23(2)24(3,4)35-26(34-23)21(14-30-22(32)33-16-17-8-6-5-7-9-17)13-19-12-20(25(27,28)29)11-10-18(19)15-31/h5-13,15H,14,16H2,1-4H3,(H,30,32). The van der Waals surface area contributed by atoms with Gasteiger partial charge in [-0.05, 0) is 56.4 Å². The van der Waals surface area contributed by atoms with Crippen molar-refractivity contribution in [1.82, 2.24) is 5.32 Å². The fourth-order valence-electron chi connectivity index (χ4n) is 3.33. The monoisotopic (exact) mass is 489 g/mol. The molecule has 186 valence electrons. The molecular formula is C25H27BF3NO5. The van der Waals surface area contributed by atoms with Gasteiger partial charge in [-0.1, -0.05) is 42.5 Å². The molecule has 1 N–H and O–H groups in total. The summed E-state index contributed by atoms with van der Waals surface area (Å²) >= 11 is 0. The predicted molar refractivity (Wildman–Crippen MR) is 126 cm³/mol. The van der Waals surface area contributed by atoms with Gasteiger partial charge in [0.05, 0.1) is 16.8 Å². The highest BCUT2D eigenvalue weighted by molar-refractivity contribution is 6.56. The lowest BCUT2D eigenvalue weighted by Crippen LogP contribution is -2.41. The fraction of sp³-hybridized carbons (Fsp3) is 0.360.